The third-order valence-electron chi connectivity index (χ3n) is 2.86. The van der Waals surface area contributed by atoms with Crippen LogP contribution in [0.1, 0.15) is 11.1 Å². The van der Waals surface area contributed by atoms with Crippen LogP contribution in [0.2, 0.25) is 5.02 Å². The van der Waals surface area contributed by atoms with Crippen LogP contribution >= 0.6 is 23.4 Å². The number of anilines is 1. The van der Waals surface area contributed by atoms with E-state index in [4.69, 9.17) is 17.3 Å². The summed E-state index contributed by atoms with van der Waals surface area (Å²) in [6.45, 7) is 1.96. The lowest BCUT2D eigenvalue weighted by atomic mass is 10.2. The highest BCUT2D eigenvalue weighted by Gasteiger charge is 2.16. The number of benzene rings is 2. The predicted molar refractivity (Wildman–Crippen MR) is 83.3 cm³/mol. The van der Waals surface area contributed by atoms with E-state index in [1.165, 1.54) is 17.8 Å². The van der Waals surface area contributed by atoms with Gasteiger partial charge in [-0.25, -0.2) is 0 Å². The van der Waals surface area contributed by atoms with Crippen LogP contribution in [-0.2, 0) is 5.75 Å². The maximum atomic E-state index is 11.0. The second-order valence-corrected chi connectivity index (χ2v) is 5.73. The molecule has 20 heavy (non-hydrogen) atoms. The fourth-order valence-corrected chi connectivity index (χ4v) is 3.22. The lowest BCUT2D eigenvalue weighted by Gasteiger charge is -2.08. The molecule has 0 saturated carbocycles. The number of aryl methyl sites for hydroxylation is 1. The first-order valence-electron chi connectivity index (χ1n) is 5.89. The van der Waals surface area contributed by atoms with Gasteiger partial charge in [-0.3, -0.25) is 10.1 Å². The molecule has 2 N–H and O–H groups in total. The first-order valence-corrected chi connectivity index (χ1v) is 7.26. The monoisotopic (exact) mass is 308 g/mol. The molecule has 0 aromatic heterocycles. The second kappa shape index (κ2) is 6.15. The quantitative estimate of drug-likeness (QED) is 0.392. The molecule has 4 nitrogen and oxygen atoms in total. The van der Waals surface area contributed by atoms with Crippen LogP contribution in [0.4, 0.5) is 11.4 Å². The Kier molecular flexibility index (Phi) is 4.52. The Labute approximate surface area is 126 Å². The molecule has 0 radical (unpaired) electrons. The summed E-state index contributed by atoms with van der Waals surface area (Å²) < 4.78 is 0. The van der Waals surface area contributed by atoms with Gasteiger partial charge in [0.1, 0.15) is 0 Å². The minimum absolute atomic E-state index is 0.0538. The van der Waals surface area contributed by atoms with Gasteiger partial charge in [0.15, 0.2) is 0 Å². The van der Waals surface area contributed by atoms with Crippen molar-refractivity contribution in [3.63, 3.8) is 0 Å². The Morgan fingerprint density at radius 2 is 2.10 bits per heavy atom. The van der Waals surface area contributed by atoms with E-state index in [1.54, 1.807) is 12.1 Å². The van der Waals surface area contributed by atoms with Crippen LogP contribution in [0, 0.1) is 17.0 Å². The average molecular weight is 309 g/mol. The zero-order chi connectivity index (χ0) is 14.7. The van der Waals surface area contributed by atoms with Crippen LogP contribution < -0.4 is 5.73 Å². The van der Waals surface area contributed by atoms with Crippen molar-refractivity contribution in [1.82, 2.24) is 0 Å². The number of nitrogens with two attached hydrogens (primary N) is 1. The number of nitrogen functional groups attached to an aromatic ring is 1. The summed E-state index contributed by atoms with van der Waals surface area (Å²) >= 11 is 7.58. The topological polar surface area (TPSA) is 69.2 Å². The number of hydrogen-bond acceptors (Lipinski definition) is 4. The van der Waals surface area contributed by atoms with Gasteiger partial charge in [-0.1, -0.05) is 17.7 Å². The lowest BCUT2D eigenvalue weighted by Crippen LogP contribution is -1.95. The van der Waals surface area contributed by atoms with Gasteiger partial charge in [0.25, 0.3) is 5.69 Å². The molecule has 6 heteroatoms. The Bertz CT molecular complexity index is 662. The molecular weight excluding hydrogens is 296 g/mol. The zero-order valence-corrected chi connectivity index (χ0v) is 12.4. The molecule has 0 bridgehead atoms. The number of hydrogen-bond donors (Lipinski definition) is 1. The smallest absolute Gasteiger partial charge is 0.274 e. The summed E-state index contributed by atoms with van der Waals surface area (Å²) in [5.41, 5.74) is 8.05. The van der Waals surface area contributed by atoms with Crippen LogP contribution in [0.15, 0.2) is 41.3 Å². The number of rotatable bonds is 4. The van der Waals surface area contributed by atoms with Gasteiger partial charge in [-0.2, -0.15) is 0 Å². The average Bonchev–Trinajstić information content (AvgIpc) is 2.38. The number of nitro benzene ring substituents is 1. The summed E-state index contributed by atoms with van der Waals surface area (Å²) in [5.74, 6) is 0.445. The highest BCUT2D eigenvalue weighted by Crippen LogP contribution is 2.34. The fraction of sp³-hybridized carbons (Fsp3) is 0.143. The molecule has 0 aliphatic carbocycles. The minimum Gasteiger partial charge on any atom is -0.399 e. The highest BCUT2D eigenvalue weighted by atomic mass is 35.5. The van der Waals surface area contributed by atoms with Crippen molar-refractivity contribution >= 4 is 34.7 Å². The van der Waals surface area contributed by atoms with E-state index in [-0.39, 0.29) is 5.69 Å². The Morgan fingerprint density at radius 3 is 2.75 bits per heavy atom. The van der Waals surface area contributed by atoms with Gasteiger partial charge in [-0.15, -0.1) is 11.8 Å². The van der Waals surface area contributed by atoms with Gasteiger partial charge >= 0.3 is 0 Å². The molecule has 2 aromatic carbocycles. The third-order valence-corrected chi connectivity index (χ3v) is 4.42. The molecule has 0 unspecified atom stereocenters. The second-order valence-electron chi connectivity index (χ2n) is 4.31. The number of nitro groups is 1. The molecule has 0 spiro atoms. The normalized spacial score (nSPS) is 10.5. The van der Waals surface area contributed by atoms with Crippen LogP contribution in [0.5, 0.6) is 0 Å². The van der Waals surface area contributed by atoms with E-state index in [0.717, 1.165) is 10.5 Å². The van der Waals surface area contributed by atoms with Crippen molar-refractivity contribution in [2.45, 2.75) is 17.6 Å². The molecule has 0 aliphatic heterocycles. The van der Waals surface area contributed by atoms with Crippen LogP contribution in [-0.4, -0.2) is 4.92 Å². The number of nitrogens with zero attached hydrogens (tertiary/aromatic N) is 1. The summed E-state index contributed by atoms with van der Waals surface area (Å²) in [4.78, 5) is 11.6. The first-order chi connectivity index (χ1) is 9.49. The van der Waals surface area contributed by atoms with Crippen LogP contribution in [0.25, 0.3) is 0 Å². The van der Waals surface area contributed by atoms with Crippen molar-refractivity contribution in [2.24, 2.45) is 0 Å². The minimum atomic E-state index is -0.405. The maximum absolute atomic E-state index is 11.0. The maximum Gasteiger partial charge on any atom is 0.274 e. The summed E-state index contributed by atoms with van der Waals surface area (Å²) in [6, 6.07) is 10.3. The highest BCUT2D eigenvalue weighted by molar-refractivity contribution is 7.98. The van der Waals surface area contributed by atoms with E-state index in [0.29, 0.717) is 22.0 Å². The van der Waals surface area contributed by atoms with Gasteiger partial charge < -0.3 is 5.73 Å². The van der Waals surface area contributed by atoms with Gasteiger partial charge in [-0.05, 0) is 36.8 Å². The number of thioether (sulfide) groups is 1. The van der Waals surface area contributed by atoms with Crippen molar-refractivity contribution in [1.29, 1.82) is 0 Å². The molecule has 0 atom stereocenters. The van der Waals surface area contributed by atoms with E-state index in [9.17, 15) is 10.1 Å². The summed E-state index contributed by atoms with van der Waals surface area (Å²) in [6.07, 6.45) is 0. The van der Waals surface area contributed by atoms with Gasteiger partial charge in [0, 0.05) is 22.4 Å². The molecule has 0 aliphatic rings. The van der Waals surface area contributed by atoms with E-state index >= 15 is 0 Å². The molecule has 2 rings (SSSR count). The zero-order valence-electron chi connectivity index (χ0n) is 10.8. The van der Waals surface area contributed by atoms with Gasteiger partial charge in [0.2, 0.25) is 0 Å². The van der Waals surface area contributed by atoms with Gasteiger partial charge in [0.05, 0.1) is 15.5 Å². The molecule has 104 valence electrons. The largest absolute Gasteiger partial charge is 0.399 e. The number of halogens is 1. The Balaban J connectivity index is 2.25. The molecule has 0 amide bonds. The van der Waals surface area contributed by atoms with Crippen LogP contribution in [0.3, 0.4) is 0 Å². The molecule has 2 aromatic rings. The Morgan fingerprint density at radius 1 is 1.35 bits per heavy atom. The molecule has 0 fully saturated rings. The van der Waals surface area contributed by atoms with Crippen molar-refractivity contribution in [3.8, 4) is 0 Å². The first kappa shape index (κ1) is 14.7. The third kappa shape index (κ3) is 3.23. The van der Waals surface area contributed by atoms with E-state index < -0.39 is 4.92 Å². The SMILES string of the molecule is Cc1cc(N)ccc1SCc1c(Cl)cccc1[N+](=O)[O-]. The lowest BCUT2D eigenvalue weighted by molar-refractivity contribution is -0.385. The predicted octanol–water partition coefficient (Wildman–Crippen LogP) is 4.43. The van der Waals surface area contributed by atoms with Crippen molar-refractivity contribution < 1.29 is 4.92 Å². The summed E-state index contributed by atoms with van der Waals surface area (Å²) in [7, 11) is 0. The van der Waals surface area contributed by atoms with Crippen molar-refractivity contribution in [3.05, 3.63) is 62.7 Å². The fourth-order valence-electron chi connectivity index (χ4n) is 1.85. The Hall–Kier alpha value is -1.72. The van der Waals surface area contributed by atoms with Crippen molar-refractivity contribution in [2.75, 3.05) is 5.73 Å². The molecule has 0 heterocycles. The standard InChI is InChI=1S/C14H13ClN2O2S/c1-9-7-10(16)5-6-14(9)20-8-11-12(15)3-2-4-13(11)17(18)19/h2-7H,8,16H2,1H3. The summed E-state index contributed by atoms with van der Waals surface area (Å²) in [5, 5.41) is 11.4. The molecule has 0 saturated heterocycles. The van der Waals surface area contributed by atoms with E-state index in [1.807, 2.05) is 25.1 Å². The van der Waals surface area contributed by atoms with E-state index in [2.05, 4.69) is 0 Å². The molecular formula is C14H13ClN2O2S.